The summed E-state index contributed by atoms with van der Waals surface area (Å²) in [6.07, 6.45) is 22.2. The minimum atomic E-state index is 0.561. The van der Waals surface area contributed by atoms with Gasteiger partial charge in [0.15, 0.2) is 0 Å². The van der Waals surface area contributed by atoms with Gasteiger partial charge in [-0.2, -0.15) is 5.10 Å². The Morgan fingerprint density at radius 2 is 1.59 bits per heavy atom. The number of benzene rings is 1. The molecule has 3 aliphatic carbocycles. The second-order valence-electron chi connectivity index (χ2n) is 17.4. The Balaban J connectivity index is 0.000000349. The topological polar surface area (TPSA) is 37.2 Å². The van der Waals surface area contributed by atoms with E-state index >= 15 is 0 Å². The number of piperidine rings is 1. The van der Waals surface area contributed by atoms with Gasteiger partial charge in [-0.3, -0.25) is 4.68 Å². The second-order valence-corrected chi connectivity index (χ2v) is 17.4. The van der Waals surface area contributed by atoms with Crippen molar-refractivity contribution in [2.45, 2.75) is 143 Å². The number of aryl methyl sites for hydroxylation is 3. The maximum atomic E-state index is 5.12. The second kappa shape index (κ2) is 16.6. The van der Waals surface area contributed by atoms with E-state index in [1.54, 1.807) is 5.56 Å². The monoisotopic (exact) mass is 690 g/mol. The third-order valence-electron chi connectivity index (χ3n) is 12.7. The van der Waals surface area contributed by atoms with Crippen LogP contribution >= 0.6 is 0 Å². The first kappa shape index (κ1) is 37.4. The molecule has 1 aliphatic heterocycles. The summed E-state index contributed by atoms with van der Waals surface area (Å²) in [5.74, 6) is 3.03. The van der Waals surface area contributed by atoms with Gasteiger partial charge < -0.3 is 9.80 Å². The van der Waals surface area contributed by atoms with Gasteiger partial charge in [0.05, 0.1) is 12.2 Å². The van der Waals surface area contributed by atoms with E-state index in [0.29, 0.717) is 29.2 Å². The summed E-state index contributed by atoms with van der Waals surface area (Å²) in [4.78, 5) is 10.0. The molecule has 276 valence electrons. The minimum Gasteiger partial charge on any atom is -0.375 e. The van der Waals surface area contributed by atoms with E-state index in [1.807, 2.05) is 6.20 Å². The van der Waals surface area contributed by atoms with Crippen molar-refractivity contribution in [3.05, 3.63) is 89.7 Å². The average molecular weight is 690 g/mol. The number of nitrogens with zero attached hydrogens (tertiary/aromatic N) is 5. The number of rotatable bonds is 10. The van der Waals surface area contributed by atoms with Crippen LogP contribution in [0.3, 0.4) is 0 Å². The smallest absolute Gasteiger partial charge is 0.133 e. The van der Waals surface area contributed by atoms with Crippen LogP contribution in [-0.4, -0.2) is 39.3 Å². The zero-order valence-electron chi connectivity index (χ0n) is 33.0. The number of aromatic nitrogens is 3. The summed E-state index contributed by atoms with van der Waals surface area (Å²) in [6.45, 7) is 25.6. The molecule has 51 heavy (non-hydrogen) atoms. The molecule has 4 fully saturated rings. The third kappa shape index (κ3) is 9.76. The number of allylic oxidation sites excluding steroid dienone is 2. The Kier molecular flexibility index (Phi) is 12.1. The molecule has 5 nitrogen and oxygen atoms in total. The van der Waals surface area contributed by atoms with E-state index in [4.69, 9.17) is 11.6 Å². The van der Waals surface area contributed by atoms with Crippen LogP contribution in [0.1, 0.15) is 146 Å². The highest BCUT2D eigenvalue weighted by molar-refractivity contribution is 5.67. The molecule has 0 bridgehead atoms. The van der Waals surface area contributed by atoms with Crippen LogP contribution in [0, 0.1) is 31.1 Å². The number of hydrogen-bond donors (Lipinski definition) is 0. The third-order valence-corrected chi connectivity index (χ3v) is 12.7. The van der Waals surface area contributed by atoms with Crippen molar-refractivity contribution in [1.29, 1.82) is 0 Å². The maximum absolute atomic E-state index is 5.12. The molecule has 3 aromatic rings. The molecule has 1 aromatic carbocycles. The predicted molar refractivity (Wildman–Crippen MR) is 216 cm³/mol. The molecule has 0 atom stereocenters. The Hall–Kier alpha value is -3.34. The van der Waals surface area contributed by atoms with Gasteiger partial charge in [-0.1, -0.05) is 71.4 Å². The Labute approximate surface area is 310 Å². The lowest BCUT2D eigenvalue weighted by Crippen LogP contribution is -2.35. The Bertz CT molecular complexity index is 1620. The number of hydrogen-bond acceptors (Lipinski definition) is 4. The van der Waals surface area contributed by atoms with E-state index in [-0.39, 0.29) is 0 Å². The van der Waals surface area contributed by atoms with Gasteiger partial charge in [0.25, 0.3) is 0 Å². The van der Waals surface area contributed by atoms with Crippen LogP contribution in [0.2, 0.25) is 0 Å². The van der Waals surface area contributed by atoms with Crippen LogP contribution in [0.4, 0.5) is 5.82 Å². The van der Waals surface area contributed by atoms with Crippen molar-refractivity contribution >= 4 is 5.82 Å². The molecule has 3 saturated carbocycles. The Morgan fingerprint density at radius 1 is 0.882 bits per heavy atom. The van der Waals surface area contributed by atoms with Crippen molar-refractivity contribution in [2.75, 3.05) is 24.5 Å². The zero-order valence-corrected chi connectivity index (χ0v) is 33.0. The first-order valence-corrected chi connectivity index (χ1v) is 20.5. The summed E-state index contributed by atoms with van der Waals surface area (Å²) >= 11 is 0. The molecule has 0 spiro atoms. The van der Waals surface area contributed by atoms with E-state index < -0.39 is 0 Å². The van der Waals surface area contributed by atoms with Gasteiger partial charge in [0.1, 0.15) is 5.82 Å². The van der Waals surface area contributed by atoms with E-state index in [1.165, 1.54) is 130 Å². The van der Waals surface area contributed by atoms with Crippen LogP contribution in [0.25, 0.3) is 11.1 Å². The fourth-order valence-corrected chi connectivity index (χ4v) is 8.80. The molecule has 7 rings (SSSR count). The summed E-state index contributed by atoms with van der Waals surface area (Å²) < 4.78 is 2.15. The molecule has 4 aliphatic rings. The van der Waals surface area contributed by atoms with E-state index in [0.717, 1.165) is 24.5 Å². The van der Waals surface area contributed by atoms with Crippen molar-refractivity contribution in [3.63, 3.8) is 0 Å². The fraction of sp³-hybridized carbons (Fsp3) is 0.609. The molecule has 3 heterocycles. The highest BCUT2D eigenvalue weighted by Crippen LogP contribution is 2.40. The SMILES string of the molecule is C=C(C)N1CCC(C)(C)CC1.C=C(C1CCCCC1)N(CC1CCC(c2ccc(CC)c(C)c2)CC1)c1cc(-c2cnn(C3CC3)c2)cc(C)n1. The summed E-state index contributed by atoms with van der Waals surface area (Å²) in [5, 5.41) is 4.67. The molecule has 1 saturated heterocycles. The zero-order chi connectivity index (χ0) is 36.1. The molecule has 2 aromatic heterocycles. The fourth-order valence-electron chi connectivity index (χ4n) is 8.80. The number of likely N-dealkylation sites (tertiary alicyclic amines) is 1. The maximum Gasteiger partial charge on any atom is 0.133 e. The predicted octanol–water partition coefficient (Wildman–Crippen LogP) is 12.0. The highest BCUT2D eigenvalue weighted by atomic mass is 15.3. The van der Waals surface area contributed by atoms with Gasteiger partial charge in [0.2, 0.25) is 0 Å². The van der Waals surface area contributed by atoms with Gasteiger partial charge >= 0.3 is 0 Å². The molecular formula is C46H67N5. The lowest BCUT2D eigenvalue weighted by atomic mass is 9.77. The molecule has 0 amide bonds. The molecule has 0 N–H and O–H groups in total. The van der Waals surface area contributed by atoms with Crippen LogP contribution in [0.15, 0.2) is 67.3 Å². The first-order chi connectivity index (χ1) is 24.5. The summed E-state index contributed by atoms with van der Waals surface area (Å²) in [5.41, 5.74) is 11.1. The molecular weight excluding hydrogens is 623 g/mol. The van der Waals surface area contributed by atoms with Crippen molar-refractivity contribution in [3.8, 4) is 11.1 Å². The minimum absolute atomic E-state index is 0.561. The van der Waals surface area contributed by atoms with Gasteiger partial charge in [-0.25, -0.2) is 4.98 Å². The van der Waals surface area contributed by atoms with Crippen LogP contribution < -0.4 is 4.90 Å². The first-order valence-electron chi connectivity index (χ1n) is 20.5. The molecule has 5 heteroatoms. The number of anilines is 1. The normalized spacial score (nSPS) is 22.2. The van der Waals surface area contributed by atoms with Gasteiger partial charge in [0, 0.05) is 48.5 Å². The van der Waals surface area contributed by atoms with Gasteiger partial charge in [-0.15, -0.1) is 0 Å². The average Bonchev–Trinajstić information content (AvgIpc) is 3.86. The van der Waals surface area contributed by atoms with Crippen LogP contribution in [-0.2, 0) is 6.42 Å². The standard InChI is InChI=1S/C36H48N4.C10H19N/c1-5-29-15-16-32(19-25(29)2)31-13-11-28(12-14-31)23-39(27(4)30-9-7-6-8-10-30)36-21-33(20-26(3)38-36)34-22-37-40(24-34)35-17-18-35;1-9(2)11-7-5-10(3,4)6-8-11/h15-16,19-22,24,28,30-31,35H,4-14,17-18,23H2,1-3H3;1,5-8H2,2-4H3. The lowest BCUT2D eigenvalue weighted by Gasteiger charge is -2.38. The highest BCUT2D eigenvalue weighted by Gasteiger charge is 2.30. The van der Waals surface area contributed by atoms with Crippen LogP contribution in [0.5, 0.6) is 0 Å². The summed E-state index contributed by atoms with van der Waals surface area (Å²) in [7, 11) is 0. The lowest BCUT2D eigenvalue weighted by molar-refractivity contribution is 0.163. The van der Waals surface area contributed by atoms with Gasteiger partial charge in [-0.05, 0) is 149 Å². The largest absolute Gasteiger partial charge is 0.375 e. The van der Waals surface area contributed by atoms with E-state index in [9.17, 15) is 0 Å². The summed E-state index contributed by atoms with van der Waals surface area (Å²) in [6, 6.07) is 12.3. The van der Waals surface area contributed by atoms with Crippen molar-refractivity contribution in [2.24, 2.45) is 17.3 Å². The van der Waals surface area contributed by atoms with Crippen molar-refractivity contribution < 1.29 is 0 Å². The van der Waals surface area contributed by atoms with Crippen molar-refractivity contribution in [1.82, 2.24) is 19.7 Å². The van der Waals surface area contributed by atoms with E-state index in [2.05, 4.69) is 104 Å². The quantitative estimate of drug-likeness (QED) is 0.212. The number of pyridine rings is 1. The molecule has 0 unspecified atom stereocenters. The molecule has 0 radical (unpaired) electrons. The Morgan fingerprint density at radius 3 is 2.22 bits per heavy atom.